The van der Waals surface area contributed by atoms with E-state index < -0.39 is 11.9 Å². The lowest BCUT2D eigenvalue weighted by atomic mass is 9.92. The molecule has 0 saturated heterocycles. The number of carboxylic acid groups (broad SMARTS) is 1. The summed E-state index contributed by atoms with van der Waals surface area (Å²) < 4.78 is 0. The molecule has 3 rings (SSSR count). The zero-order valence-electron chi connectivity index (χ0n) is 14.0. The van der Waals surface area contributed by atoms with Crippen molar-refractivity contribution >= 4 is 17.6 Å². The Bertz CT molecular complexity index is 797. The van der Waals surface area contributed by atoms with Gasteiger partial charge in [-0.15, -0.1) is 0 Å². The summed E-state index contributed by atoms with van der Waals surface area (Å²) in [5.74, 6) is -1.37. The van der Waals surface area contributed by atoms with Crippen molar-refractivity contribution in [1.29, 1.82) is 0 Å². The SMILES string of the molecule is CCCc1cc(N2Cc3ccccc3C2=O)ccc1C(C)C(=O)O. The molecule has 124 valence electrons. The number of carboxylic acids is 1. The predicted octanol–water partition coefficient (Wildman–Crippen LogP) is 3.99. The standard InChI is InChI=1S/C20H21NO3/c1-3-6-14-11-16(9-10-17(14)13(2)20(23)24)21-12-15-7-4-5-8-18(15)19(21)22/h4-5,7-11,13H,3,6,12H2,1-2H3,(H,23,24). The Morgan fingerprint density at radius 3 is 2.67 bits per heavy atom. The lowest BCUT2D eigenvalue weighted by Crippen LogP contribution is -2.23. The largest absolute Gasteiger partial charge is 0.481 e. The van der Waals surface area contributed by atoms with Crippen LogP contribution in [-0.4, -0.2) is 17.0 Å². The Kier molecular flexibility index (Phi) is 4.38. The number of aliphatic carboxylic acids is 1. The molecule has 0 fully saturated rings. The van der Waals surface area contributed by atoms with E-state index in [2.05, 4.69) is 6.92 Å². The van der Waals surface area contributed by atoms with Crippen LogP contribution in [0, 0.1) is 0 Å². The molecular formula is C20H21NO3. The third-order valence-corrected chi connectivity index (χ3v) is 4.62. The van der Waals surface area contributed by atoms with Crippen molar-refractivity contribution in [2.45, 2.75) is 39.2 Å². The number of carbonyl (C=O) groups excluding carboxylic acids is 1. The first kappa shape index (κ1) is 16.2. The molecule has 1 aliphatic rings. The van der Waals surface area contributed by atoms with Gasteiger partial charge in [-0.2, -0.15) is 0 Å². The van der Waals surface area contributed by atoms with Crippen LogP contribution < -0.4 is 4.90 Å². The number of nitrogens with zero attached hydrogens (tertiary/aromatic N) is 1. The molecule has 1 amide bonds. The maximum absolute atomic E-state index is 12.6. The number of hydrogen-bond acceptors (Lipinski definition) is 2. The molecule has 4 nitrogen and oxygen atoms in total. The van der Waals surface area contributed by atoms with Gasteiger partial charge in [0.05, 0.1) is 12.5 Å². The molecule has 1 atom stereocenters. The minimum Gasteiger partial charge on any atom is -0.481 e. The van der Waals surface area contributed by atoms with Gasteiger partial charge in [0.1, 0.15) is 0 Å². The van der Waals surface area contributed by atoms with Crippen molar-refractivity contribution in [3.05, 3.63) is 64.7 Å². The Balaban J connectivity index is 1.97. The smallest absolute Gasteiger partial charge is 0.310 e. The first-order valence-electron chi connectivity index (χ1n) is 8.28. The third kappa shape index (κ3) is 2.80. The van der Waals surface area contributed by atoms with E-state index >= 15 is 0 Å². The topological polar surface area (TPSA) is 57.6 Å². The fourth-order valence-corrected chi connectivity index (χ4v) is 3.26. The number of rotatable bonds is 5. The molecule has 2 aromatic rings. The van der Waals surface area contributed by atoms with Crippen molar-refractivity contribution in [1.82, 2.24) is 0 Å². The highest BCUT2D eigenvalue weighted by atomic mass is 16.4. The lowest BCUT2D eigenvalue weighted by Gasteiger charge is -2.20. The lowest BCUT2D eigenvalue weighted by molar-refractivity contribution is -0.138. The van der Waals surface area contributed by atoms with Gasteiger partial charge in [0.2, 0.25) is 0 Å². The number of anilines is 1. The highest BCUT2D eigenvalue weighted by molar-refractivity contribution is 6.10. The molecule has 0 radical (unpaired) electrons. The Morgan fingerprint density at radius 2 is 2.00 bits per heavy atom. The van der Waals surface area contributed by atoms with E-state index in [-0.39, 0.29) is 5.91 Å². The molecule has 0 spiro atoms. The average Bonchev–Trinajstić information content (AvgIpc) is 2.92. The van der Waals surface area contributed by atoms with Crippen LogP contribution in [0.15, 0.2) is 42.5 Å². The molecule has 1 aliphatic heterocycles. The molecule has 0 aliphatic carbocycles. The number of fused-ring (bicyclic) bond motifs is 1. The third-order valence-electron chi connectivity index (χ3n) is 4.62. The monoisotopic (exact) mass is 323 g/mol. The summed E-state index contributed by atoms with van der Waals surface area (Å²) >= 11 is 0. The maximum Gasteiger partial charge on any atom is 0.310 e. The second-order valence-electron chi connectivity index (χ2n) is 6.24. The van der Waals surface area contributed by atoms with Gasteiger partial charge in [-0.1, -0.05) is 37.6 Å². The molecule has 4 heteroatoms. The highest BCUT2D eigenvalue weighted by Gasteiger charge is 2.28. The second-order valence-corrected chi connectivity index (χ2v) is 6.24. The van der Waals surface area contributed by atoms with Gasteiger partial charge in [-0.25, -0.2) is 0 Å². The summed E-state index contributed by atoms with van der Waals surface area (Å²) in [7, 11) is 0. The van der Waals surface area contributed by atoms with Crippen molar-refractivity contribution < 1.29 is 14.7 Å². The van der Waals surface area contributed by atoms with Crippen LogP contribution in [0.25, 0.3) is 0 Å². The average molecular weight is 323 g/mol. The minimum absolute atomic E-state index is 0.00656. The second kappa shape index (κ2) is 6.48. The van der Waals surface area contributed by atoms with Gasteiger partial charge in [-0.05, 0) is 48.2 Å². The van der Waals surface area contributed by atoms with Crippen molar-refractivity contribution in [3.8, 4) is 0 Å². The van der Waals surface area contributed by atoms with Gasteiger partial charge in [0.15, 0.2) is 0 Å². The highest BCUT2D eigenvalue weighted by Crippen LogP contribution is 2.32. The van der Waals surface area contributed by atoms with E-state index in [9.17, 15) is 14.7 Å². The van der Waals surface area contributed by atoms with E-state index in [1.807, 2.05) is 42.5 Å². The Morgan fingerprint density at radius 1 is 1.25 bits per heavy atom. The number of aryl methyl sites for hydroxylation is 1. The molecule has 1 heterocycles. The number of benzene rings is 2. The molecule has 0 saturated carbocycles. The van der Waals surface area contributed by atoms with E-state index in [4.69, 9.17) is 0 Å². The van der Waals surface area contributed by atoms with Gasteiger partial charge >= 0.3 is 5.97 Å². The normalized spacial score (nSPS) is 14.6. The summed E-state index contributed by atoms with van der Waals surface area (Å²) in [6, 6.07) is 13.3. The molecular weight excluding hydrogens is 302 g/mol. The summed E-state index contributed by atoms with van der Waals surface area (Å²) in [5.41, 5.74) is 4.45. The Labute approximate surface area is 141 Å². The molecule has 1 unspecified atom stereocenters. The van der Waals surface area contributed by atoms with Crippen LogP contribution in [0.4, 0.5) is 5.69 Å². The molecule has 24 heavy (non-hydrogen) atoms. The molecule has 2 aromatic carbocycles. The summed E-state index contributed by atoms with van der Waals surface area (Å²) in [6.07, 6.45) is 1.73. The summed E-state index contributed by atoms with van der Waals surface area (Å²) in [5, 5.41) is 9.30. The number of carbonyl (C=O) groups is 2. The van der Waals surface area contributed by atoms with E-state index in [0.29, 0.717) is 6.54 Å². The Hall–Kier alpha value is -2.62. The van der Waals surface area contributed by atoms with E-state index in [1.54, 1.807) is 11.8 Å². The predicted molar refractivity (Wildman–Crippen MR) is 93.4 cm³/mol. The van der Waals surface area contributed by atoms with Gasteiger partial charge in [-0.3, -0.25) is 9.59 Å². The summed E-state index contributed by atoms with van der Waals surface area (Å²) in [6.45, 7) is 4.33. The molecule has 1 N–H and O–H groups in total. The van der Waals surface area contributed by atoms with Crippen LogP contribution in [0.1, 0.15) is 53.2 Å². The van der Waals surface area contributed by atoms with Gasteiger partial charge in [0.25, 0.3) is 5.91 Å². The first-order valence-corrected chi connectivity index (χ1v) is 8.28. The number of amides is 1. The van der Waals surface area contributed by atoms with Crippen LogP contribution in [0.5, 0.6) is 0 Å². The zero-order valence-corrected chi connectivity index (χ0v) is 14.0. The quantitative estimate of drug-likeness (QED) is 0.905. The fraction of sp³-hybridized carbons (Fsp3) is 0.300. The van der Waals surface area contributed by atoms with E-state index in [0.717, 1.165) is 40.8 Å². The number of hydrogen-bond donors (Lipinski definition) is 1. The zero-order chi connectivity index (χ0) is 17.3. The summed E-state index contributed by atoms with van der Waals surface area (Å²) in [4.78, 5) is 25.7. The van der Waals surface area contributed by atoms with Crippen molar-refractivity contribution in [3.63, 3.8) is 0 Å². The molecule has 0 aromatic heterocycles. The van der Waals surface area contributed by atoms with E-state index in [1.165, 1.54) is 0 Å². The van der Waals surface area contributed by atoms with Crippen LogP contribution in [-0.2, 0) is 17.8 Å². The van der Waals surface area contributed by atoms with Crippen molar-refractivity contribution in [2.75, 3.05) is 4.90 Å². The van der Waals surface area contributed by atoms with Gasteiger partial charge < -0.3 is 10.0 Å². The fourth-order valence-electron chi connectivity index (χ4n) is 3.26. The maximum atomic E-state index is 12.6. The molecule has 0 bridgehead atoms. The minimum atomic E-state index is -0.829. The first-order chi connectivity index (χ1) is 11.5. The van der Waals surface area contributed by atoms with Gasteiger partial charge in [0, 0.05) is 11.3 Å². The van der Waals surface area contributed by atoms with Crippen LogP contribution >= 0.6 is 0 Å². The van der Waals surface area contributed by atoms with Crippen molar-refractivity contribution in [2.24, 2.45) is 0 Å². The van der Waals surface area contributed by atoms with Crippen LogP contribution in [0.2, 0.25) is 0 Å². The van der Waals surface area contributed by atoms with Crippen LogP contribution in [0.3, 0.4) is 0 Å².